The quantitative estimate of drug-likeness (QED) is 0.118. The van der Waals surface area contributed by atoms with Crippen LogP contribution in [0.1, 0.15) is 135 Å². The van der Waals surface area contributed by atoms with Crippen molar-refractivity contribution < 1.29 is 0 Å². The maximum atomic E-state index is 4.18. The van der Waals surface area contributed by atoms with Gasteiger partial charge in [-0.25, -0.2) is 0 Å². The lowest BCUT2D eigenvalue weighted by molar-refractivity contribution is 0.523. The van der Waals surface area contributed by atoms with E-state index < -0.39 is 0 Å². The lowest BCUT2D eigenvalue weighted by Crippen LogP contribution is -1.84. The van der Waals surface area contributed by atoms with Gasteiger partial charge in [0, 0.05) is 5.75 Å². The van der Waals surface area contributed by atoms with Crippen molar-refractivity contribution >= 4 is 22.5 Å². The van der Waals surface area contributed by atoms with E-state index in [-0.39, 0.29) is 0 Å². The Balaban J connectivity index is 2.93. The second-order valence-electron chi connectivity index (χ2n) is 7.55. The molecule has 0 saturated carbocycles. The average Bonchev–Trinajstić information content (AvgIpc) is 2.60. The van der Waals surface area contributed by atoms with Gasteiger partial charge in [0.15, 0.2) is 0 Å². The van der Waals surface area contributed by atoms with Crippen molar-refractivity contribution in [3.63, 3.8) is 0 Å². The van der Waals surface area contributed by atoms with E-state index in [9.17, 15) is 0 Å². The van der Waals surface area contributed by atoms with E-state index in [0.717, 1.165) is 0 Å². The first-order valence-corrected chi connectivity index (χ1v) is 13.2. The molecule has 0 aromatic rings. The first-order valence-electron chi connectivity index (χ1n) is 11.2. The van der Waals surface area contributed by atoms with E-state index in [0.29, 0.717) is 0 Å². The Morgan fingerprint density at radius 1 is 0.417 bits per heavy atom. The zero-order valence-corrected chi connectivity index (χ0v) is 18.4. The number of unbranched alkanes of at least 4 members (excludes halogenated alkanes) is 19. The van der Waals surface area contributed by atoms with Crippen LogP contribution in [0.15, 0.2) is 0 Å². The van der Waals surface area contributed by atoms with Crippen molar-refractivity contribution in [2.75, 3.05) is 5.75 Å². The van der Waals surface area contributed by atoms with Gasteiger partial charge in [0.2, 0.25) is 0 Å². The van der Waals surface area contributed by atoms with Gasteiger partial charge >= 0.3 is 0 Å². The predicted molar refractivity (Wildman–Crippen MR) is 119 cm³/mol. The third-order valence-corrected chi connectivity index (χ3v) is 6.11. The minimum Gasteiger partial charge on any atom is -0.111 e. The second kappa shape index (κ2) is 23.7. The molecule has 0 aromatic carbocycles. The Bertz CT molecular complexity index is 184. The predicted octanol–water partition coefficient (Wildman–Crippen LogP) is 9.39. The fraction of sp³-hybridized carbons (Fsp3) is 1.00. The minimum absolute atomic E-state index is 1.22. The normalized spacial score (nSPS) is 11.2. The molecule has 0 atom stereocenters. The molecule has 0 amide bonds. The zero-order valence-electron chi connectivity index (χ0n) is 16.7. The van der Waals surface area contributed by atoms with E-state index in [2.05, 4.69) is 18.6 Å². The molecule has 0 nitrogen and oxygen atoms in total. The summed E-state index contributed by atoms with van der Waals surface area (Å²) in [7, 11) is 1.69. The standard InChI is InChI=1S/C22H46S2/c1-2-3-4-5-6-7-8-9-10-11-12-13-14-15-16-17-18-19-20-21-22-24-23/h23H,2-22H2,1H3. The van der Waals surface area contributed by atoms with Gasteiger partial charge in [-0.2, -0.15) is 0 Å². The van der Waals surface area contributed by atoms with Gasteiger partial charge in [0.05, 0.1) is 0 Å². The molecular weight excluding hydrogens is 328 g/mol. The second-order valence-corrected chi connectivity index (χ2v) is 8.99. The third-order valence-electron chi connectivity index (χ3n) is 5.09. The van der Waals surface area contributed by atoms with E-state index in [1.807, 2.05) is 0 Å². The summed E-state index contributed by atoms with van der Waals surface area (Å²) in [5.74, 6) is 1.22. The lowest BCUT2D eigenvalue weighted by Gasteiger charge is -2.04. The van der Waals surface area contributed by atoms with Gasteiger partial charge in [-0.05, 0) is 6.42 Å². The van der Waals surface area contributed by atoms with Crippen molar-refractivity contribution in [1.82, 2.24) is 0 Å². The molecule has 24 heavy (non-hydrogen) atoms. The summed E-state index contributed by atoms with van der Waals surface area (Å²) >= 11 is 4.18. The molecule has 0 N–H and O–H groups in total. The Morgan fingerprint density at radius 3 is 0.917 bits per heavy atom. The van der Waals surface area contributed by atoms with Crippen LogP contribution in [0.3, 0.4) is 0 Å². The fourth-order valence-corrected chi connectivity index (χ4v) is 4.14. The molecule has 0 unspecified atom stereocenters. The monoisotopic (exact) mass is 374 g/mol. The van der Waals surface area contributed by atoms with Crippen molar-refractivity contribution in [3.8, 4) is 0 Å². The summed E-state index contributed by atoms with van der Waals surface area (Å²) < 4.78 is 0. The largest absolute Gasteiger partial charge is 0.111 e. The summed E-state index contributed by atoms with van der Waals surface area (Å²) in [5.41, 5.74) is 0. The topological polar surface area (TPSA) is 0 Å². The Labute approximate surface area is 163 Å². The highest BCUT2D eigenvalue weighted by Crippen LogP contribution is 2.15. The van der Waals surface area contributed by atoms with Crippen LogP contribution < -0.4 is 0 Å². The third kappa shape index (κ3) is 22.7. The fourth-order valence-electron chi connectivity index (χ4n) is 3.42. The molecule has 0 aromatic heterocycles. The zero-order chi connectivity index (χ0) is 17.6. The minimum atomic E-state index is 1.22. The molecule has 0 bridgehead atoms. The SMILES string of the molecule is CCCCCCCCCCCCCCCCCCCCCCSS. The van der Waals surface area contributed by atoms with Crippen LogP contribution in [0.4, 0.5) is 0 Å². The molecule has 0 spiro atoms. The lowest BCUT2D eigenvalue weighted by atomic mass is 10.0. The van der Waals surface area contributed by atoms with Crippen molar-refractivity contribution in [2.24, 2.45) is 0 Å². The van der Waals surface area contributed by atoms with E-state index in [1.54, 1.807) is 10.8 Å². The summed E-state index contributed by atoms with van der Waals surface area (Å²) in [6, 6.07) is 0. The van der Waals surface area contributed by atoms with Crippen LogP contribution in [-0.4, -0.2) is 5.75 Å². The summed E-state index contributed by atoms with van der Waals surface area (Å²) in [6.07, 6.45) is 29.2. The van der Waals surface area contributed by atoms with Crippen LogP contribution >= 0.6 is 22.5 Å². The van der Waals surface area contributed by atoms with E-state index >= 15 is 0 Å². The van der Waals surface area contributed by atoms with Gasteiger partial charge in [-0.3, -0.25) is 0 Å². The van der Waals surface area contributed by atoms with Crippen LogP contribution in [0.2, 0.25) is 0 Å². The van der Waals surface area contributed by atoms with Crippen LogP contribution in [-0.2, 0) is 0 Å². The molecule has 0 rings (SSSR count). The molecule has 0 aliphatic rings. The maximum absolute atomic E-state index is 4.18. The summed E-state index contributed by atoms with van der Waals surface area (Å²) in [4.78, 5) is 0. The highest BCUT2D eigenvalue weighted by Gasteiger charge is 1.95. The van der Waals surface area contributed by atoms with Crippen LogP contribution in [0, 0.1) is 0 Å². The molecule has 0 radical (unpaired) electrons. The molecule has 0 aliphatic heterocycles. The highest BCUT2D eigenvalue weighted by atomic mass is 33.1. The van der Waals surface area contributed by atoms with Gasteiger partial charge in [-0.15, -0.1) is 11.7 Å². The van der Waals surface area contributed by atoms with E-state index in [4.69, 9.17) is 0 Å². The van der Waals surface area contributed by atoms with Gasteiger partial charge in [0.25, 0.3) is 0 Å². The molecule has 2 heteroatoms. The van der Waals surface area contributed by atoms with Crippen LogP contribution in [0.5, 0.6) is 0 Å². The van der Waals surface area contributed by atoms with Gasteiger partial charge in [-0.1, -0.05) is 140 Å². The Hall–Kier alpha value is 0.700. The Morgan fingerprint density at radius 2 is 0.667 bits per heavy atom. The number of thiol groups is 1. The summed E-state index contributed by atoms with van der Waals surface area (Å²) in [6.45, 7) is 2.30. The van der Waals surface area contributed by atoms with Gasteiger partial charge in [0.1, 0.15) is 0 Å². The number of hydrogen-bond acceptors (Lipinski definition) is 2. The highest BCUT2D eigenvalue weighted by molar-refractivity contribution is 8.68. The van der Waals surface area contributed by atoms with Crippen molar-refractivity contribution in [3.05, 3.63) is 0 Å². The summed E-state index contributed by atoms with van der Waals surface area (Å²) in [5, 5.41) is 0. The number of hydrogen-bond donors (Lipinski definition) is 1. The first kappa shape index (κ1) is 24.7. The van der Waals surface area contributed by atoms with Crippen LogP contribution in [0.25, 0.3) is 0 Å². The van der Waals surface area contributed by atoms with Crippen molar-refractivity contribution in [1.29, 1.82) is 0 Å². The molecule has 0 heterocycles. The first-order chi connectivity index (χ1) is 11.9. The molecule has 0 fully saturated rings. The maximum Gasteiger partial charge on any atom is 0.00345 e. The molecule has 0 saturated heterocycles. The molecular formula is C22H46S2. The smallest absolute Gasteiger partial charge is 0.00345 e. The van der Waals surface area contributed by atoms with Crippen molar-refractivity contribution in [2.45, 2.75) is 135 Å². The average molecular weight is 375 g/mol. The Kier molecular flexibility index (Phi) is 24.4. The van der Waals surface area contributed by atoms with E-state index in [1.165, 1.54) is 134 Å². The molecule has 0 aliphatic carbocycles. The molecule has 146 valence electrons. The van der Waals surface area contributed by atoms with Gasteiger partial charge < -0.3 is 0 Å². The number of rotatable bonds is 21.